The molecule has 0 spiro atoms. The highest BCUT2D eigenvalue weighted by Gasteiger charge is 2.58. The van der Waals surface area contributed by atoms with Gasteiger partial charge in [0.05, 0.1) is 11.2 Å². The number of allylic oxidation sites excluding steroid dienone is 2. The Morgan fingerprint density at radius 1 is 1.00 bits per heavy atom. The van der Waals surface area contributed by atoms with Gasteiger partial charge in [-0.05, 0) is 40.5 Å². The molecule has 0 aromatic carbocycles. The van der Waals surface area contributed by atoms with Gasteiger partial charge in [0, 0.05) is 5.31 Å². The van der Waals surface area contributed by atoms with E-state index in [0.717, 1.165) is 0 Å². The predicted molar refractivity (Wildman–Crippen MR) is 85.8 cm³/mol. The zero-order valence-electron chi connectivity index (χ0n) is 14.2. The molecule has 2 aliphatic rings. The van der Waals surface area contributed by atoms with Gasteiger partial charge in [-0.25, -0.2) is 0 Å². The molecule has 0 bridgehead atoms. The third-order valence-corrected chi connectivity index (χ3v) is 5.77. The van der Waals surface area contributed by atoms with E-state index in [1.807, 2.05) is 0 Å². The Morgan fingerprint density at radius 2 is 1.50 bits per heavy atom. The van der Waals surface area contributed by atoms with Crippen LogP contribution in [0.5, 0.6) is 0 Å². The molecule has 1 aliphatic carbocycles. The summed E-state index contributed by atoms with van der Waals surface area (Å²) in [5.41, 5.74) is -0.482. The van der Waals surface area contributed by atoms with E-state index in [2.05, 4.69) is 53.7 Å². The molecule has 2 fully saturated rings. The molecule has 20 heavy (non-hydrogen) atoms. The first-order valence-corrected chi connectivity index (χ1v) is 8.22. The van der Waals surface area contributed by atoms with E-state index >= 15 is 0 Å². The Bertz CT molecular complexity index is 353. The van der Waals surface area contributed by atoms with E-state index in [0.29, 0.717) is 5.92 Å². The Morgan fingerprint density at radius 3 is 1.95 bits per heavy atom. The largest absolute Gasteiger partial charge is 0.468 e. The fourth-order valence-electron chi connectivity index (χ4n) is 3.59. The summed E-state index contributed by atoms with van der Waals surface area (Å²) in [6.45, 7) is 13.0. The standard InChI is InChI=1S/C17H31BO2/c1-7-13-17(6,14-11-9-8-10-12-14)18-19-15(2,3)16(4,5)20-18/h7,13-14H,8-12H2,1-6H3/b13-7+/t17-/m1/s1. The van der Waals surface area contributed by atoms with Crippen LogP contribution in [0.1, 0.15) is 73.6 Å². The van der Waals surface area contributed by atoms with Crippen molar-refractivity contribution in [2.45, 2.75) is 90.2 Å². The molecule has 0 unspecified atom stereocenters. The van der Waals surface area contributed by atoms with Crippen LogP contribution in [-0.2, 0) is 9.31 Å². The molecule has 1 saturated heterocycles. The van der Waals surface area contributed by atoms with Gasteiger partial charge < -0.3 is 9.31 Å². The first kappa shape index (κ1) is 16.1. The Kier molecular flexibility index (Phi) is 4.42. The third-order valence-electron chi connectivity index (χ3n) is 5.77. The first-order chi connectivity index (χ1) is 9.23. The molecule has 1 heterocycles. The van der Waals surface area contributed by atoms with Gasteiger partial charge in [0.2, 0.25) is 0 Å². The van der Waals surface area contributed by atoms with Gasteiger partial charge in [0.25, 0.3) is 0 Å². The molecule has 1 saturated carbocycles. The molecule has 0 aromatic heterocycles. The highest BCUT2D eigenvalue weighted by atomic mass is 16.7. The highest BCUT2D eigenvalue weighted by Crippen LogP contribution is 2.53. The summed E-state index contributed by atoms with van der Waals surface area (Å²) in [7, 11) is -0.133. The van der Waals surface area contributed by atoms with Crippen molar-refractivity contribution in [3.05, 3.63) is 12.2 Å². The maximum atomic E-state index is 6.36. The highest BCUT2D eigenvalue weighted by molar-refractivity contribution is 6.50. The lowest BCUT2D eigenvalue weighted by atomic mass is 9.50. The van der Waals surface area contributed by atoms with Crippen LogP contribution in [0, 0.1) is 5.92 Å². The van der Waals surface area contributed by atoms with E-state index in [1.165, 1.54) is 32.1 Å². The van der Waals surface area contributed by atoms with Crippen LogP contribution in [0.2, 0.25) is 5.31 Å². The molecular formula is C17H31BO2. The first-order valence-electron chi connectivity index (χ1n) is 8.22. The maximum Gasteiger partial charge on any atom is 0.468 e. The minimum absolute atomic E-state index is 0.0137. The second-order valence-corrected chi connectivity index (χ2v) is 7.79. The maximum absolute atomic E-state index is 6.36. The molecule has 114 valence electrons. The second kappa shape index (κ2) is 5.49. The van der Waals surface area contributed by atoms with E-state index < -0.39 is 0 Å². The van der Waals surface area contributed by atoms with Crippen LogP contribution in [0.3, 0.4) is 0 Å². The van der Waals surface area contributed by atoms with Gasteiger partial charge in [-0.3, -0.25) is 0 Å². The minimum atomic E-state index is -0.241. The van der Waals surface area contributed by atoms with Crippen LogP contribution in [0.15, 0.2) is 12.2 Å². The van der Waals surface area contributed by atoms with E-state index in [1.54, 1.807) is 0 Å². The van der Waals surface area contributed by atoms with Crippen molar-refractivity contribution in [1.82, 2.24) is 0 Å². The number of rotatable bonds is 3. The van der Waals surface area contributed by atoms with Crippen LogP contribution >= 0.6 is 0 Å². The van der Waals surface area contributed by atoms with Crippen molar-refractivity contribution in [1.29, 1.82) is 0 Å². The van der Waals surface area contributed by atoms with E-state index in [-0.39, 0.29) is 23.6 Å². The zero-order valence-corrected chi connectivity index (χ0v) is 14.2. The molecule has 0 radical (unpaired) electrons. The second-order valence-electron chi connectivity index (χ2n) is 7.79. The SMILES string of the molecule is C/C=C/[C@@](C)(B1OC(C)(C)C(C)(C)O1)C1CCCCC1. The Hall–Kier alpha value is -0.275. The fraction of sp³-hybridized carbons (Fsp3) is 0.882. The molecule has 1 atom stereocenters. The van der Waals surface area contributed by atoms with Gasteiger partial charge in [-0.15, -0.1) is 0 Å². The van der Waals surface area contributed by atoms with E-state index in [4.69, 9.17) is 9.31 Å². The lowest BCUT2D eigenvalue weighted by Gasteiger charge is -2.39. The molecule has 0 aromatic rings. The lowest BCUT2D eigenvalue weighted by Crippen LogP contribution is -2.41. The van der Waals surface area contributed by atoms with Gasteiger partial charge in [-0.2, -0.15) is 0 Å². The molecule has 0 N–H and O–H groups in total. The van der Waals surface area contributed by atoms with Gasteiger partial charge in [0.1, 0.15) is 0 Å². The summed E-state index contributed by atoms with van der Waals surface area (Å²) in [6.07, 6.45) is 11.2. The lowest BCUT2D eigenvalue weighted by molar-refractivity contribution is 0.00578. The summed E-state index contributed by atoms with van der Waals surface area (Å²) >= 11 is 0. The van der Waals surface area contributed by atoms with Crippen molar-refractivity contribution < 1.29 is 9.31 Å². The third kappa shape index (κ3) is 2.72. The monoisotopic (exact) mass is 278 g/mol. The molecule has 2 rings (SSSR count). The van der Waals surface area contributed by atoms with Crippen LogP contribution in [0.4, 0.5) is 0 Å². The zero-order chi connectivity index (χ0) is 15.0. The van der Waals surface area contributed by atoms with Gasteiger partial charge in [-0.1, -0.05) is 51.2 Å². The van der Waals surface area contributed by atoms with Gasteiger partial charge >= 0.3 is 7.12 Å². The Balaban J connectivity index is 2.25. The van der Waals surface area contributed by atoms with Crippen molar-refractivity contribution >= 4 is 7.12 Å². The molecule has 2 nitrogen and oxygen atoms in total. The summed E-state index contributed by atoms with van der Waals surface area (Å²) < 4.78 is 12.7. The average Bonchev–Trinajstić information content (AvgIpc) is 2.60. The minimum Gasteiger partial charge on any atom is -0.403 e. The Labute approximate surface area is 125 Å². The quantitative estimate of drug-likeness (QED) is 0.534. The number of hydrogen-bond acceptors (Lipinski definition) is 2. The smallest absolute Gasteiger partial charge is 0.403 e. The summed E-state index contributed by atoms with van der Waals surface area (Å²) in [6, 6.07) is 0. The number of hydrogen-bond donors (Lipinski definition) is 0. The summed E-state index contributed by atoms with van der Waals surface area (Å²) in [4.78, 5) is 0. The van der Waals surface area contributed by atoms with Gasteiger partial charge in [0.15, 0.2) is 0 Å². The van der Waals surface area contributed by atoms with Crippen molar-refractivity contribution in [3.63, 3.8) is 0 Å². The molecule has 3 heteroatoms. The molecule has 1 aliphatic heterocycles. The van der Waals surface area contributed by atoms with Crippen LogP contribution in [-0.4, -0.2) is 18.3 Å². The summed E-state index contributed by atoms with van der Waals surface area (Å²) in [5.74, 6) is 0.669. The van der Waals surface area contributed by atoms with Crippen LogP contribution in [0.25, 0.3) is 0 Å². The van der Waals surface area contributed by atoms with Crippen molar-refractivity contribution in [2.75, 3.05) is 0 Å². The average molecular weight is 278 g/mol. The van der Waals surface area contributed by atoms with E-state index in [9.17, 15) is 0 Å². The van der Waals surface area contributed by atoms with Crippen LogP contribution < -0.4 is 0 Å². The fourth-order valence-corrected chi connectivity index (χ4v) is 3.59. The summed E-state index contributed by atoms with van der Waals surface area (Å²) in [5, 5.41) is -0.0137. The molecular weight excluding hydrogens is 247 g/mol. The van der Waals surface area contributed by atoms with Crippen molar-refractivity contribution in [3.8, 4) is 0 Å². The predicted octanol–water partition coefficient (Wildman–Crippen LogP) is 5.00. The topological polar surface area (TPSA) is 18.5 Å². The van der Waals surface area contributed by atoms with Crippen molar-refractivity contribution in [2.24, 2.45) is 5.92 Å². The normalized spacial score (nSPS) is 29.8. The molecule has 0 amide bonds.